The van der Waals surface area contributed by atoms with Gasteiger partial charge in [0.1, 0.15) is 5.82 Å². The molecule has 1 heterocycles. The monoisotopic (exact) mass is 403 g/mol. The van der Waals surface area contributed by atoms with Crippen molar-refractivity contribution >= 4 is 5.78 Å². The second kappa shape index (κ2) is 9.04. The summed E-state index contributed by atoms with van der Waals surface area (Å²) in [6.45, 7) is 7.38. The topological polar surface area (TPSA) is 39.1 Å². The summed E-state index contributed by atoms with van der Waals surface area (Å²) in [5, 5.41) is 0. The van der Waals surface area contributed by atoms with Gasteiger partial charge in [0.15, 0.2) is 5.78 Å². The SMILES string of the molecule is C=CC(=O)Cc1cccc(Cc2ccc(C)cc2F)c1-c1cc(CC)c(=O)n(C)c1. The molecule has 0 saturated heterocycles. The summed E-state index contributed by atoms with van der Waals surface area (Å²) >= 11 is 0. The van der Waals surface area contributed by atoms with E-state index < -0.39 is 0 Å². The molecule has 0 saturated carbocycles. The van der Waals surface area contributed by atoms with E-state index >= 15 is 0 Å². The van der Waals surface area contributed by atoms with Crippen LogP contribution in [0.3, 0.4) is 0 Å². The maximum Gasteiger partial charge on any atom is 0.253 e. The molecule has 0 aliphatic carbocycles. The predicted octanol–water partition coefficient (Wildman–Crippen LogP) is 4.95. The van der Waals surface area contributed by atoms with Crippen molar-refractivity contribution < 1.29 is 9.18 Å². The summed E-state index contributed by atoms with van der Waals surface area (Å²) in [6, 6.07) is 12.9. The maximum absolute atomic E-state index is 14.6. The number of pyridine rings is 1. The number of carbonyl (C=O) groups is 1. The molecular weight excluding hydrogens is 377 g/mol. The van der Waals surface area contributed by atoms with Gasteiger partial charge >= 0.3 is 0 Å². The van der Waals surface area contributed by atoms with Gasteiger partial charge in [-0.15, -0.1) is 0 Å². The maximum atomic E-state index is 14.6. The fraction of sp³-hybridized carbons (Fsp3) is 0.231. The van der Waals surface area contributed by atoms with E-state index in [1.165, 1.54) is 12.1 Å². The number of carbonyl (C=O) groups excluding carboxylic acids is 1. The van der Waals surface area contributed by atoms with Gasteiger partial charge in [0.2, 0.25) is 0 Å². The lowest BCUT2D eigenvalue weighted by Gasteiger charge is -2.17. The summed E-state index contributed by atoms with van der Waals surface area (Å²) in [6.07, 6.45) is 4.30. The summed E-state index contributed by atoms with van der Waals surface area (Å²) in [4.78, 5) is 24.5. The summed E-state index contributed by atoms with van der Waals surface area (Å²) in [7, 11) is 1.72. The predicted molar refractivity (Wildman–Crippen MR) is 119 cm³/mol. The van der Waals surface area contributed by atoms with Crippen molar-refractivity contribution in [1.29, 1.82) is 0 Å². The molecule has 0 aliphatic rings. The highest BCUT2D eigenvalue weighted by atomic mass is 19.1. The third kappa shape index (κ3) is 4.48. The Morgan fingerprint density at radius 2 is 1.83 bits per heavy atom. The fourth-order valence-electron chi connectivity index (χ4n) is 3.75. The Kier molecular flexibility index (Phi) is 6.46. The molecule has 1 aromatic heterocycles. The number of rotatable bonds is 7. The van der Waals surface area contributed by atoms with Crippen LogP contribution in [0.4, 0.5) is 4.39 Å². The molecule has 30 heavy (non-hydrogen) atoms. The Hall–Kier alpha value is -3.27. The van der Waals surface area contributed by atoms with Crippen LogP contribution in [0.5, 0.6) is 0 Å². The number of hydrogen-bond donors (Lipinski definition) is 0. The third-order valence-corrected chi connectivity index (χ3v) is 5.35. The normalized spacial score (nSPS) is 10.8. The fourth-order valence-corrected chi connectivity index (χ4v) is 3.75. The van der Waals surface area contributed by atoms with Crippen LogP contribution in [0, 0.1) is 12.7 Å². The smallest absolute Gasteiger partial charge is 0.253 e. The van der Waals surface area contributed by atoms with Crippen LogP contribution >= 0.6 is 0 Å². The number of allylic oxidation sites excluding steroid dienone is 1. The zero-order valence-corrected chi connectivity index (χ0v) is 17.7. The number of ketones is 1. The van der Waals surface area contributed by atoms with Gasteiger partial charge in [0.05, 0.1) is 0 Å². The molecule has 2 aromatic carbocycles. The quantitative estimate of drug-likeness (QED) is 0.524. The molecule has 0 N–H and O–H groups in total. The van der Waals surface area contributed by atoms with E-state index in [4.69, 9.17) is 0 Å². The number of hydrogen-bond acceptors (Lipinski definition) is 2. The van der Waals surface area contributed by atoms with Crippen molar-refractivity contribution in [2.45, 2.75) is 33.1 Å². The zero-order valence-electron chi connectivity index (χ0n) is 17.7. The number of aromatic nitrogens is 1. The summed E-state index contributed by atoms with van der Waals surface area (Å²) < 4.78 is 16.1. The van der Waals surface area contributed by atoms with Crippen molar-refractivity contribution in [2.75, 3.05) is 0 Å². The van der Waals surface area contributed by atoms with Gasteiger partial charge in [-0.1, -0.05) is 43.8 Å². The molecule has 154 valence electrons. The highest BCUT2D eigenvalue weighted by molar-refractivity contribution is 5.92. The number of nitrogens with zero attached hydrogens (tertiary/aromatic N) is 1. The Morgan fingerprint density at radius 3 is 2.50 bits per heavy atom. The lowest BCUT2D eigenvalue weighted by Crippen LogP contribution is -2.20. The Bertz CT molecular complexity index is 1170. The van der Waals surface area contributed by atoms with Crippen LogP contribution in [-0.2, 0) is 31.1 Å². The lowest BCUT2D eigenvalue weighted by atomic mass is 9.88. The molecule has 0 unspecified atom stereocenters. The number of halogens is 1. The van der Waals surface area contributed by atoms with Crippen molar-refractivity contribution in [3.63, 3.8) is 0 Å². The van der Waals surface area contributed by atoms with E-state index in [-0.39, 0.29) is 23.6 Å². The first-order valence-electron chi connectivity index (χ1n) is 10.0. The Morgan fingerprint density at radius 1 is 1.10 bits per heavy atom. The molecule has 4 heteroatoms. The standard InChI is InChI=1S/C26H26FNO2/c1-5-18-13-22(16-28(4)26(18)30)25-20(8-7-9-21(25)15-23(29)6-2)14-19-11-10-17(3)12-24(19)27/h6-13,16H,2,5,14-15H2,1,3-4H3. The minimum absolute atomic E-state index is 0.0352. The molecule has 0 fully saturated rings. The molecule has 3 aromatic rings. The minimum atomic E-state index is -0.247. The summed E-state index contributed by atoms with van der Waals surface area (Å²) in [5.41, 5.74) is 5.60. The van der Waals surface area contributed by atoms with E-state index in [2.05, 4.69) is 6.58 Å². The second-order valence-corrected chi connectivity index (χ2v) is 7.59. The van der Waals surface area contributed by atoms with E-state index in [9.17, 15) is 14.0 Å². The average Bonchev–Trinajstić information content (AvgIpc) is 2.72. The van der Waals surface area contributed by atoms with Gasteiger partial charge in [-0.05, 0) is 64.9 Å². The number of benzene rings is 2. The van der Waals surface area contributed by atoms with Gasteiger partial charge in [0.25, 0.3) is 5.56 Å². The van der Waals surface area contributed by atoms with Crippen LogP contribution in [0.25, 0.3) is 11.1 Å². The van der Waals surface area contributed by atoms with Crippen molar-refractivity contribution in [3.05, 3.63) is 105 Å². The van der Waals surface area contributed by atoms with Gasteiger partial charge in [-0.3, -0.25) is 9.59 Å². The molecule has 3 rings (SSSR count). The van der Waals surface area contributed by atoms with Crippen LogP contribution in [0.1, 0.15) is 34.7 Å². The van der Waals surface area contributed by atoms with Crippen LogP contribution in [0.15, 0.2) is 66.1 Å². The molecule has 0 amide bonds. The second-order valence-electron chi connectivity index (χ2n) is 7.59. The molecule has 0 aliphatic heterocycles. The largest absolute Gasteiger partial charge is 0.318 e. The molecular formula is C26H26FNO2. The van der Waals surface area contributed by atoms with Crippen molar-refractivity contribution in [3.8, 4) is 11.1 Å². The summed E-state index contributed by atoms with van der Waals surface area (Å²) in [5.74, 6) is -0.335. The van der Waals surface area contributed by atoms with Gasteiger partial charge < -0.3 is 4.57 Å². The first-order valence-corrected chi connectivity index (χ1v) is 10.0. The van der Waals surface area contributed by atoms with Crippen molar-refractivity contribution in [1.82, 2.24) is 4.57 Å². The Balaban J connectivity index is 2.22. The highest BCUT2D eigenvalue weighted by Gasteiger charge is 2.16. The first kappa shape index (κ1) is 21.4. The third-order valence-electron chi connectivity index (χ3n) is 5.35. The van der Waals surface area contributed by atoms with Crippen LogP contribution < -0.4 is 5.56 Å². The molecule has 3 nitrogen and oxygen atoms in total. The van der Waals surface area contributed by atoms with Gasteiger partial charge in [0, 0.05) is 31.6 Å². The Labute approximate surface area is 176 Å². The van der Waals surface area contributed by atoms with E-state index in [0.29, 0.717) is 24.0 Å². The zero-order chi connectivity index (χ0) is 21.8. The van der Waals surface area contributed by atoms with E-state index in [1.54, 1.807) is 23.9 Å². The van der Waals surface area contributed by atoms with E-state index in [1.807, 2.05) is 44.2 Å². The number of aryl methyl sites for hydroxylation is 3. The lowest BCUT2D eigenvalue weighted by molar-refractivity contribution is -0.114. The molecule has 0 spiro atoms. The van der Waals surface area contributed by atoms with Gasteiger partial charge in [-0.25, -0.2) is 4.39 Å². The minimum Gasteiger partial charge on any atom is -0.318 e. The molecule has 0 bridgehead atoms. The van der Waals surface area contributed by atoms with Gasteiger partial charge in [-0.2, -0.15) is 0 Å². The molecule has 0 atom stereocenters. The van der Waals surface area contributed by atoms with E-state index in [0.717, 1.165) is 27.8 Å². The van der Waals surface area contributed by atoms with Crippen LogP contribution in [-0.4, -0.2) is 10.4 Å². The average molecular weight is 403 g/mol. The first-order chi connectivity index (χ1) is 14.3. The molecule has 0 radical (unpaired) electrons. The van der Waals surface area contributed by atoms with Crippen LogP contribution in [0.2, 0.25) is 0 Å². The van der Waals surface area contributed by atoms with Crippen molar-refractivity contribution in [2.24, 2.45) is 7.05 Å². The highest BCUT2D eigenvalue weighted by Crippen LogP contribution is 2.31.